The maximum atomic E-state index is 12.5. The quantitative estimate of drug-likeness (QED) is 0.914. The van der Waals surface area contributed by atoms with Crippen LogP contribution in [0.4, 0.5) is 0 Å². The molecule has 0 saturated heterocycles. The Kier molecular flexibility index (Phi) is 4.40. The van der Waals surface area contributed by atoms with Crippen LogP contribution in [0, 0.1) is 12.8 Å². The lowest BCUT2D eigenvalue weighted by Gasteiger charge is -2.37. The molecule has 100 valence electrons. The predicted molar refractivity (Wildman–Crippen MR) is 75.9 cm³/mol. The Morgan fingerprint density at radius 2 is 2.17 bits per heavy atom. The second-order valence-corrected chi connectivity index (χ2v) is 5.98. The first kappa shape index (κ1) is 13.6. The van der Waals surface area contributed by atoms with E-state index in [4.69, 9.17) is 5.73 Å². The molecule has 2 unspecified atom stereocenters. The van der Waals surface area contributed by atoms with Gasteiger partial charge in [-0.2, -0.15) is 11.3 Å². The Bertz CT molecular complexity index is 416. The Morgan fingerprint density at radius 1 is 1.44 bits per heavy atom. The van der Waals surface area contributed by atoms with Crippen molar-refractivity contribution in [2.24, 2.45) is 11.7 Å². The van der Waals surface area contributed by atoms with Crippen LogP contribution in [-0.2, 0) is 0 Å². The molecule has 1 fully saturated rings. The molecule has 4 heteroatoms. The van der Waals surface area contributed by atoms with Crippen molar-refractivity contribution in [2.75, 3.05) is 13.6 Å². The normalized spacial score (nSPS) is 23.9. The molecule has 3 nitrogen and oxygen atoms in total. The van der Waals surface area contributed by atoms with Gasteiger partial charge in [0.1, 0.15) is 0 Å². The van der Waals surface area contributed by atoms with Crippen molar-refractivity contribution in [2.45, 2.75) is 38.6 Å². The van der Waals surface area contributed by atoms with Crippen molar-refractivity contribution >= 4 is 17.2 Å². The first-order chi connectivity index (χ1) is 8.65. The van der Waals surface area contributed by atoms with Crippen LogP contribution in [0.25, 0.3) is 0 Å². The van der Waals surface area contributed by atoms with E-state index in [1.54, 1.807) is 11.3 Å². The maximum absolute atomic E-state index is 12.5. The first-order valence-corrected chi connectivity index (χ1v) is 7.59. The van der Waals surface area contributed by atoms with Crippen molar-refractivity contribution < 1.29 is 4.79 Å². The summed E-state index contributed by atoms with van der Waals surface area (Å²) < 4.78 is 0. The highest BCUT2D eigenvalue weighted by Crippen LogP contribution is 2.28. The van der Waals surface area contributed by atoms with Gasteiger partial charge in [0.15, 0.2) is 0 Å². The van der Waals surface area contributed by atoms with Crippen LogP contribution in [0.1, 0.15) is 41.6 Å². The number of rotatable bonds is 3. The summed E-state index contributed by atoms with van der Waals surface area (Å²) in [6.45, 7) is 2.68. The van der Waals surface area contributed by atoms with Gasteiger partial charge in [-0.05, 0) is 43.2 Å². The molecule has 1 aliphatic carbocycles. The summed E-state index contributed by atoms with van der Waals surface area (Å²) in [4.78, 5) is 14.4. The van der Waals surface area contributed by atoms with Crippen molar-refractivity contribution in [1.29, 1.82) is 0 Å². The molecule has 1 amide bonds. The van der Waals surface area contributed by atoms with E-state index in [1.807, 2.05) is 29.6 Å². The SMILES string of the molecule is Cc1cscc1C(=O)N(C)C1CCCCC1CN. The number of carbonyl (C=O) groups excluding carboxylic acids is 1. The zero-order valence-electron chi connectivity index (χ0n) is 11.2. The molecule has 0 aromatic carbocycles. The Hall–Kier alpha value is -0.870. The van der Waals surface area contributed by atoms with Crippen LogP contribution in [-0.4, -0.2) is 30.4 Å². The minimum atomic E-state index is 0.152. The van der Waals surface area contributed by atoms with E-state index in [1.165, 1.54) is 12.8 Å². The summed E-state index contributed by atoms with van der Waals surface area (Å²) in [5, 5.41) is 3.98. The highest BCUT2D eigenvalue weighted by atomic mass is 32.1. The molecular formula is C14H22N2OS. The van der Waals surface area contributed by atoms with Crippen molar-refractivity contribution in [3.8, 4) is 0 Å². The van der Waals surface area contributed by atoms with E-state index in [0.29, 0.717) is 18.5 Å². The van der Waals surface area contributed by atoms with Gasteiger partial charge in [-0.1, -0.05) is 12.8 Å². The molecule has 0 spiro atoms. The van der Waals surface area contributed by atoms with E-state index < -0.39 is 0 Å². The van der Waals surface area contributed by atoms with Gasteiger partial charge in [0.2, 0.25) is 0 Å². The Morgan fingerprint density at radius 3 is 2.78 bits per heavy atom. The Labute approximate surface area is 113 Å². The number of amides is 1. The molecule has 1 saturated carbocycles. The van der Waals surface area contributed by atoms with E-state index in [0.717, 1.165) is 24.0 Å². The van der Waals surface area contributed by atoms with Gasteiger partial charge in [0, 0.05) is 18.5 Å². The number of hydrogen-bond donors (Lipinski definition) is 1. The fourth-order valence-corrected chi connectivity index (χ4v) is 3.72. The van der Waals surface area contributed by atoms with Crippen LogP contribution in [0.3, 0.4) is 0 Å². The highest BCUT2D eigenvalue weighted by molar-refractivity contribution is 7.08. The molecule has 1 aromatic heterocycles. The maximum Gasteiger partial charge on any atom is 0.254 e. The average molecular weight is 266 g/mol. The lowest BCUT2D eigenvalue weighted by atomic mass is 9.83. The average Bonchev–Trinajstić information content (AvgIpc) is 2.83. The van der Waals surface area contributed by atoms with E-state index in [9.17, 15) is 4.79 Å². The van der Waals surface area contributed by atoms with Crippen LogP contribution in [0.2, 0.25) is 0 Å². The molecule has 0 aliphatic heterocycles. The largest absolute Gasteiger partial charge is 0.338 e. The highest BCUT2D eigenvalue weighted by Gasteiger charge is 2.30. The Balaban J connectivity index is 2.12. The molecule has 2 atom stereocenters. The van der Waals surface area contributed by atoms with Crippen LogP contribution in [0.5, 0.6) is 0 Å². The third-order valence-electron chi connectivity index (χ3n) is 4.08. The minimum absolute atomic E-state index is 0.152. The molecule has 2 N–H and O–H groups in total. The fraction of sp³-hybridized carbons (Fsp3) is 0.643. The number of nitrogens with zero attached hydrogens (tertiary/aromatic N) is 1. The minimum Gasteiger partial charge on any atom is -0.338 e. The topological polar surface area (TPSA) is 46.3 Å². The molecule has 0 radical (unpaired) electrons. The van der Waals surface area contributed by atoms with Crippen LogP contribution in [0.15, 0.2) is 10.8 Å². The summed E-state index contributed by atoms with van der Waals surface area (Å²) >= 11 is 1.59. The van der Waals surface area contributed by atoms with Crippen molar-refractivity contribution in [3.63, 3.8) is 0 Å². The molecular weight excluding hydrogens is 244 g/mol. The van der Waals surface area contributed by atoms with Gasteiger partial charge in [-0.3, -0.25) is 4.79 Å². The van der Waals surface area contributed by atoms with Gasteiger partial charge < -0.3 is 10.6 Å². The van der Waals surface area contributed by atoms with Gasteiger partial charge in [0.05, 0.1) is 5.56 Å². The monoisotopic (exact) mass is 266 g/mol. The second-order valence-electron chi connectivity index (χ2n) is 5.23. The van der Waals surface area contributed by atoms with Crippen molar-refractivity contribution in [1.82, 2.24) is 4.90 Å². The third kappa shape index (κ3) is 2.59. The number of thiophene rings is 1. The lowest BCUT2D eigenvalue weighted by molar-refractivity contribution is 0.0620. The van der Waals surface area contributed by atoms with Crippen LogP contribution >= 0.6 is 11.3 Å². The number of carbonyl (C=O) groups is 1. The zero-order chi connectivity index (χ0) is 13.1. The molecule has 1 heterocycles. The van der Waals surface area contributed by atoms with Gasteiger partial charge in [-0.15, -0.1) is 0 Å². The molecule has 2 rings (SSSR count). The fourth-order valence-electron chi connectivity index (χ4n) is 2.89. The van der Waals surface area contributed by atoms with E-state index >= 15 is 0 Å². The van der Waals surface area contributed by atoms with Gasteiger partial charge in [-0.25, -0.2) is 0 Å². The summed E-state index contributed by atoms with van der Waals surface area (Å²) in [5.41, 5.74) is 7.78. The third-order valence-corrected chi connectivity index (χ3v) is 4.94. The number of aryl methyl sites for hydroxylation is 1. The first-order valence-electron chi connectivity index (χ1n) is 6.65. The van der Waals surface area contributed by atoms with Gasteiger partial charge in [0.25, 0.3) is 5.91 Å². The molecule has 0 bridgehead atoms. The number of hydrogen-bond acceptors (Lipinski definition) is 3. The summed E-state index contributed by atoms with van der Waals surface area (Å²) in [6.07, 6.45) is 4.70. The summed E-state index contributed by atoms with van der Waals surface area (Å²) in [6, 6.07) is 0.315. The molecule has 1 aliphatic rings. The molecule has 18 heavy (non-hydrogen) atoms. The molecule has 1 aromatic rings. The summed E-state index contributed by atoms with van der Waals surface area (Å²) in [7, 11) is 1.93. The van der Waals surface area contributed by atoms with Gasteiger partial charge >= 0.3 is 0 Å². The second kappa shape index (κ2) is 5.85. The van der Waals surface area contributed by atoms with Crippen LogP contribution < -0.4 is 5.73 Å². The van der Waals surface area contributed by atoms with E-state index in [-0.39, 0.29) is 5.91 Å². The standard InChI is InChI=1S/C14H22N2OS/c1-10-8-18-9-12(10)14(17)16(2)13-6-4-3-5-11(13)7-15/h8-9,11,13H,3-7,15H2,1-2H3. The summed E-state index contributed by atoms with van der Waals surface area (Å²) in [5.74, 6) is 0.616. The van der Waals surface area contributed by atoms with Crippen molar-refractivity contribution in [3.05, 3.63) is 21.9 Å². The predicted octanol–water partition coefficient (Wildman–Crippen LogP) is 2.65. The zero-order valence-corrected chi connectivity index (χ0v) is 12.0. The smallest absolute Gasteiger partial charge is 0.254 e. The lowest BCUT2D eigenvalue weighted by Crippen LogP contribution is -2.45. The number of nitrogens with two attached hydrogens (primary N) is 1. The van der Waals surface area contributed by atoms with E-state index in [2.05, 4.69) is 0 Å².